The van der Waals surface area contributed by atoms with Gasteiger partial charge in [0.1, 0.15) is 0 Å². The number of carbonyl (C=O) groups excluding carboxylic acids is 2. The smallest absolute Gasteiger partial charge is 0.246 e. The number of imide groups is 1. The fourth-order valence-corrected chi connectivity index (χ4v) is 2.20. The molecule has 1 saturated heterocycles. The highest BCUT2D eigenvalue weighted by Gasteiger charge is 2.37. The fraction of sp³-hybridized carbons (Fsp3) is 0.462. The molecule has 18 heavy (non-hydrogen) atoms. The number of aromatic nitrogens is 1. The molecule has 0 aliphatic carbocycles. The predicted octanol–water partition coefficient (Wildman–Crippen LogP) is 0.880. The van der Waals surface area contributed by atoms with E-state index in [1.165, 1.54) is 4.90 Å². The number of hydrogen-bond donors (Lipinski definition) is 1. The van der Waals surface area contributed by atoms with E-state index >= 15 is 0 Å². The van der Waals surface area contributed by atoms with Gasteiger partial charge in [0.15, 0.2) is 0 Å². The zero-order valence-electron chi connectivity index (χ0n) is 10.6. The first-order valence-corrected chi connectivity index (χ1v) is 6.13. The van der Waals surface area contributed by atoms with E-state index in [1.54, 1.807) is 12.4 Å². The van der Waals surface area contributed by atoms with Gasteiger partial charge >= 0.3 is 0 Å². The Balaban J connectivity index is 2.03. The minimum absolute atomic E-state index is 0.0200. The first-order valence-electron chi connectivity index (χ1n) is 6.13. The van der Waals surface area contributed by atoms with Gasteiger partial charge in [-0.1, -0.05) is 0 Å². The minimum Gasteiger partial charge on any atom is -0.299 e. The van der Waals surface area contributed by atoms with Crippen molar-refractivity contribution in [2.24, 2.45) is 0 Å². The number of pyridine rings is 1. The van der Waals surface area contributed by atoms with Crippen LogP contribution in [-0.2, 0) is 9.59 Å². The molecule has 0 radical (unpaired) electrons. The average Bonchev–Trinajstić information content (AvgIpc) is 2.65. The molecular formula is C13H17N3O2. The molecule has 2 heterocycles. The molecule has 1 aliphatic rings. The molecule has 2 rings (SSSR count). The number of likely N-dealkylation sites (tertiary alicyclic amines) is 1. The maximum Gasteiger partial charge on any atom is 0.246 e. The molecule has 5 heteroatoms. The van der Waals surface area contributed by atoms with Crippen LogP contribution in [0.3, 0.4) is 0 Å². The largest absolute Gasteiger partial charge is 0.299 e. The second kappa shape index (κ2) is 5.27. The van der Waals surface area contributed by atoms with Crippen molar-refractivity contribution in [1.82, 2.24) is 15.2 Å². The number of likely N-dealkylation sites (N-methyl/N-ethyl adjacent to an activating group) is 1. The molecule has 1 N–H and O–H groups in total. The second-order valence-electron chi connectivity index (χ2n) is 4.40. The first kappa shape index (κ1) is 12.7. The molecule has 0 saturated carbocycles. The summed E-state index contributed by atoms with van der Waals surface area (Å²) in [5, 5.41) is 3.20. The van der Waals surface area contributed by atoms with Crippen LogP contribution in [0.15, 0.2) is 24.5 Å². The van der Waals surface area contributed by atoms with Crippen molar-refractivity contribution in [2.45, 2.75) is 32.4 Å². The van der Waals surface area contributed by atoms with Crippen molar-refractivity contribution < 1.29 is 9.59 Å². The van der Waals surface area contributed by atoms with Crippen molar-refractivity contribution in [3.63, 3.8) is 0 Å². The van der Waals surface area contributed by atoms with Crippen LogP contribution in [-0.4, -0.2) is 34.3 Å². The Morgan fingerprint density at radius 3 is 2.67 bits per heavy atom. The summed E-state index contributed by atoms with van der Waals surface area (Å²) in [6.45, 7) is 4.23. The van der Waals surface area contributed by atoms with Crippen LogP contribution in [0.1, 0.15) is 31.9 Å². The summed E-state index contributed by atoms with van der Waals surface area (Å²) >= 11 is 0. The van der Waals surface area contributed by atoms with Gasteiger partial charge in [0.05, 0.1) is 12.5 Å². The highest BCUT2D eigenvalue weighted by Crippen LogP contribution is 2.17. The highest BCUT2D eigenvalue weighted by atomic mass is 16.2. The molecule has 5 nitrogen and oxygen atoms in total. The van der Waals surface area contributed by atoms with Crippen molar-refractivity contribution in [3.05, 3.63) is 30.1 Å². The van der Waals surface area contributed by atoms with Crippen LogP contribution in [0.2, 0.25) is 0 Å². The lowest BCUT2D eigenvalue weighted by Crippen LogP contribution is -2.39. The van der Waals surface area contributed by atoms with Crippen molar-refractivity contribution in [2.75, 3.05) is 6.54 Å². The Bertz CT molecular complexity index is 447. The number of nitrogens with one attached hydrogen (secondary N) is 1. The van der Waals surface area contributed by atoms with E-state index < -0.39 is 6.04 Å². The topological polar surface area (TPSA) is 62.3 Å². The monoisotopic (exact) mass is 247 g/mol. The molecule has 1 aliphatic heterocycles. The van der Waals surface area contributed by atoms with Crippen LogP contribution >= 0.6 is 0 Å². The Morgan fingerprint density at radius 2 is 2.11 bits per heavy atom. The third-order valence-electron chi connectivity index (χ3n) is 3.22. The van der Waals surface area contributed by atoms with Crippen LogP contribution < -0.4 is 5.32 Å². The van der Waals surface area contributed by atoms with Crippen molar-refractivity contribution in [1.29, 1.82) is 0 Å². The van der Waals surface area contributed by atoms with E-state index in [2.05, 4.69) is 10.3 Å². The van der Waals surface area contributed by atoms with E-state index in [1.807, 2.05) is 26.0 Å². The second-order valence-corrected chi connectivity index (χ2v) is 4.40. The molecule has 1 aromatic rings. The van der Waals surface area contributed by atoms with Gasteiger partial charge in [-0.05, 0) is 31.5 Å². The Labute approximate surface area is 106 Å². The molecule has 0 bridgehead atoms. The third-order valence-corrected chi connectivity index (χ3v) is 3.22. The van der Waals surface area contributed by atoms with Gasteiger partial charge in [-0.3, -0.25) is 24.8 Å². The Hall–Kier alpha value is -1.75. The van der Waals surface area contributed by atoms with Gasteiger partial charge in [-0.2, -0.15) is 0 Å². The van der Waals surface area contributed by atoms with E-state index in [9.17, 15) is 9.59 Å². The number of hydrogen-bond acceptors (Lipinski definition) is 4. The summed E-state index contributed by atoms with van der Waals surface area (Å²) in [5.41, 5.74) is 1.06. The molecule has 1 fully saturated rings. The van der Waals surface area contributed by atoms with Crippen molar-refractivity contribution in [3.8, 4) is 0 Å². The number of nitrogens with zero attached hydrogens (tertiary/aromatic N) is 2. The molecule has 0 spiro atoms. The summed E-state index contributed by atoms with van der Waals surface area (Å²) in [6, 6.07) is 3.42. The molecule has 0 aromatic carbocycles. The Morgan fingerprint density at radius 1 is 1.44 bits per heavy atom. The van der Waals surface area contributed by atoms with Gasteiger partial charge < -0.3 is 0 Å². The van der Waals surface area contributed by atoms with Crippen LogP contribution in [0.5, 0.6) is 0 Å². The number of amides is 2. The maximum absolute atomic E-state index is 11.9. The van der Waals surface area contributed by atoms with Gasteiger partial charge in [0, 0.05) is 25.0 Å². The summed E-state index contributed by atoms with van der Waals surface area (Å²) < 4.78 is 0. The van der Waals surface area contributed by atoms with E-state index in [0.717, 1.165) is 5.56 Å². The molecule has 1 aromatic heterocycles. The molecule has 2 amide bonds. The zero-order valence-corrected chi connectivity index (χ0v) is 10.6. The normalized spacial score (nSPS) is 21.4. The minimum atomic E-state index is -0.402. The third kappa shape index (κ3) is 2.41. The maximum atomic E-state index is 11.9. The van der Waals surface area contributed by atoms with E-state index in [0.29, 0.717) is 6.54 Å². The zero-order chi connectivity index (χ0) is 13.1. The summed E-state index contributed by atoms with van der Waals surface area (Å²) in [4.78, 5) is 28.8. The SMILES string of the molecule is CCN1C(=O)CC(NC(C)c2ccncc2)C1=O. The number of carbonyl (C=O) groups is 2. The highest BCUT2D eigenvalue weighted by molar-refractivity contribution is 6.05. The van der Waals surface area contributed by atoms with Gasteiger partial charge in [0.25, 0.3) is 0 Å². The quantitative estimate of drug-likeness (QED) is 0.802. The lowest BCUT2D eigenvalue weighted by Gasteiger charge is -2.18. The van der Waals surface area contributed by atoms with E-state index in [-0.39, 0.29) is 24.3 Å². The van der Waals surface area contributed by atoms with E-state index in [4.69, 9.17) is 0 Å². The van der Waals surface area contributed by atoms with Crippen LogP contribution in [0.25, 0.3) is 0 Å². The number of rotatable bonds is 4. The van der Waals surface area contributed by atoms with Gasteiger partial charge in [-0.15, -0.1) is 0 Å². The summed E-state index contributed by atoms with van der Waals surface area (Å²) in [7, 11) is 0. The first-order chi connectivity index (χ1) is 8.63. The van der Waals surface area contributed by atoms with Gasteiger partial charge in [0.2, 0.25) is 11.8 Å². The van der Waals surface area contributed by atoms with Crippen LogP contribution in [0, 0.1) is 0 Å². The fourth-order valence-electron chi connectivity index (χ4n) is 2.20. The molecule has 96 valence electrons. The summed E-state index contributed by atoms with van der Waals surface area (Å²) in [6.07, 6.45) is 3.68. The standard InChI is InChI=1S/C13H17N3O2/c1-3-16-12(17)8-11(13(16)18)15-9(2)10-4-6-14-7-5-10/h4-7,9,11,15H,3,8H2,1-2H3. The van der Waals surface area contributed by atoms with Crippen molar-refractivity contribution >= 4 is 11.8 Å². The molecule has 2 unspecified atom stereocenters. The van der Waals surface area contributed by atoms with Gasteiger partial charge in [-0.25, -0.2) is 0 Å². The molecular weight excluding hydrogens is 230 g/mol. The lowest BCUT2D eigenvalue weighted by atomic mass is 10.1. The Kier molecular flexibility index (Phi) is 3.72. The average molecular weight is 247 g/mol. The van der Waals surface area contributed by atoms with Crippen LogP contribution in [0.4, 0.5) is 0 Å². The molecule has 2 atom stereocenters. The summed E-state index contributed by atoms with van der Waals surface area (Å²) in [5.74, 6) is -0.217. The lowest BCUT2D eigenvalue weighted by molar-refractivity contribution is -0.138. The predicted molar refractivity (Wildman–Crippen MR) is 66.6 cm³/mol.